The second-order valence-corrected chi connectivity index (χ2v) is 7.54. The first kappa shape index (κ1) is 16.8. The Balaban J connectivity index is 2.10. The topological polar surface area (TPSA) is 66.9 Å². The monoisotopic (exact) mass is 326 g/mol. The molecule has 7 heteroatoms. The van der Waals surface area contributed by atoms with Crippen LogP contribution in [0.2, 0.25) is 0 Å². The maximum absolute atomic E-state index is 12.4. The molecule has 0 bridgehead atoms. The minimum absolute atomic E-state index is 0.00267. The summed E-state index contributed by atoms with van der Waals surface area (Å²) >= 11 is 0. The van der Waals surface area contributed by atoms with Crippen molar-refractivity contribution in [3.63, 3.8) is 0 Å². The number of hydrogen-bond donors (Lipinski definition) is 0. The van der Waals surface area contributed by atoms with E-state index in [2.05, 4.69) is 0 Å². The van der Waals surface area contributed by atoms with Gasteiger partial charge in [0.2, 0.25) is 15.9 Å². The molecule has 0 unspecified atom stereocenters. The fourth-order valence-corrected chi connectivity index (χ4v) is 2.93. The second kappa shape index (κ2) is 6.66. The number of carbonyl (C=O) groups excluding carboxylic acids is 1. The van der Waals surface area contributed by atoms with Crippen molar-refractivity contribution < 1.29 is 17.9 Å². The van der Waals surface area contributed by atoms with Crippen molar-refractivity contribution in [3.8, 4) is 0 Å². The van der Waals surface area contributed by atoms with Crippen LogP contribution >= 0.6 is 0 Å². The lowest BCUT2D eigenvalue weighted by Crippen LogP contribution is -2.36. The summed E-state index contributed by atoms with van der Waals surface area (Å²) in [5, 5.41) is 0. The molecule has 0 saturated carbocycles. The maximum Gasteiger partial charge on any atom is 0.231 e. The van der Waals surface area contributed by atoms with Crippen molar-refractivity contribution in [1.82, 2.24) is 0 Å². The van der Waals surface area contributed by atoms with Gasteiger partial charge in [-0.25, -0.2) is 8.42 Å². The zero-order valence-electron chi connectivity index (χ0n) is 13.2. The summed E-state index contributed by atoms with van der Waals surface area (Å²) in [5.74, 6) is 0.0737. The van der Waals surface area contributed by atoms with E-state index in [0.29, 0.717) is 18.9 Å². The third-order valence-corrected chi connectivity index (χ3v) is 5.20. The van der Waals surface area contributed by atoms with Gasteiger partial charge in [-0.15, -0.1) is 0 Å². The first-order valence-corrected chi connectivity index (χ1v) is 9.05. The number of benzene rings is 1. The molecule has 22 heavy (non-hydrogen) atoms. The molecule has 0 spiro atoms. The highest BCUT2D eigenvalue weighted by atomic mass is 32.2. The number of carbonyl (C=O) groups is 1. The molecular weight excluding hydrogens is 304 g/mol. The molecule has 1 fully saturated rings. The Hall–Kier alpha value is -1.60. The second-order valence-electron chi connectivity index (χ2n) is 5.53. The van der Waals surface area contributed by atoms with Crippen LogP contribution in [0.25, 0.3) is 0 Å². The zero-order valence-corrected chi connectivity index (χ0v) is 14.0. The largest absolute Gasteiger partial charge is 0.381 e. The number of anilines is 2. The van der Waals surface area contributed by atoms with Crippen molar-refractivity contribution >= 4 is 27.3 Å². The summed E-state index contributed by atoms with van der Waals surface area (Å²) in [7, 11) is -0.0392. The number of amides is 1. The molecule has 1 aliphatic heterocycles. The van der Waals surface area contributed by atoms with Crippen LogP contribution in [0.3, 0.4) is 0 Å². The number of nitrogens with zero attached hydrogens (tertiary/aromatic N) is 2. The maximum atomic E-state index is 12.4. The van der Waals surface area contributed by atoms with Gasteiger partial charge in [0.15, 0.2) is 0 Å². The van der Waals surface area contributed by atoms with Crippen LogP contribution in [0.4, 0.5) is 11.4 Å². The zero-order chi connectivity index (χ0) is 16.3. The fourth-order valence-electron chi connectivity index (χ4n) is 2.42. The minimum Gasteiger partial charge on any atom is -0.381 e. The molecule has 1 amide bonds. The lowest BCUT2D eigenvalue weighted by Gasteiger charge is -2.27. The van der Waals surface area contributed by atoms with Gasteiger partial charge in [0.25, 0.3) is 0 Å². The van der Waals surface area contributed by atoms with Crippen molar-refractivity contribution in [2.75, 3.05) is 42.8 Å². The van der Waals surface area contributed by atoms with Crippen LogP contribution in [0.1, 0.15) is 12.8 Å². The molecule has 0 N–H and O–H groups in total. The molecule has 0 radical (unpaired) electrons. The van der Waals surface area contributed by atoms with Crippen LogP contribution in [-0.4, -0.2) is 47.9 Å². The van der Waals surface area contributed by atoms with Crippen LogP contribution in [0, 0.1) is 5.92 Å². The van der Waals surface area contributed by atoms with Gasteiger partial charge < -0.3 is 9.64 Å². The molecule has 1 aromatic rings. The average Bonchev–Trinajstić information content (AvgIpc) is 2.53. The highest BCUT2D eigenvalue weighted by Crippen LogP contribution is 2.24. The summed E-state index contributed by atoms with van der Waals surface area (Å²) < 4.78 is 29.5. The van der Waals surface area contributed by atoms with E-state index >= 15 is 0 Å². The van der Waals surface area contributed by atoms with Crippen molar-refractivity contribution in [2.24, 2.45) is 5.92 Å². The molecule has 0 aromatic heterocycles. The molecule has 1 aliphatic rings. The molecule has 0 aliphatic carbocycles. The van der Waals surface area contributed by atoms with Crippen molar-refractivity contribution in [3.05, 3.63) is 24.3 Å². The van der Waals surface area contributed by atoms with Crippen molar-refractivity contribution in [1.29, 1.82) is 0 Å². The predicted molar refractivity (Wildman–Crippen MR) is 86.6 cm³/mol. The van der Waals surface area contributed by atoms with E-state index < -0.39 is 10.0 Å². The molecule has 2 rings (SSSR count). The lowest BCUT2D eigenvalue weighted by atomic mass is 9.98. The molecule has 1 aromatic carbocycles. The van der Waals surface area contributed by atoms with E-state index in [9.17, 15) is 13.2 Å². The number of sulfonamides is 1. The third-order valence-electron chi connectivity index (χ3n) is 4.00. The van der Waals surface area contributed by atoms with E-state index in [1.54, 1.807) is 36.2 Å². The summed E-state index contributed by atoms with van der Waals surface area (Å²) in [6.45, 7) is 1.25. The fraction of sp³-hybridized carbons (Fsp3) is 0.533. The summed E-state index contributed by atoms with van der Waals surface area (Å²) in [6.07, 6.45) is 2.65. The first-order valence-electron chi connectivity index (χ1n) is 7.20. The van der Waals surface area contributed by atoms with E-state index in [1.807, 2.05) is 0 Å². The van der Waals surface area contributed by atoms with E-state index in [1.165, 1.54) is 11.4 Å². The molecule has 0 atom stereocenters. The number of hydrogen-bond acceptors (Lipinski definition) is 4. The van der Waals surface area contributed by atoms with E-state index in [0.717, 1.165) is 24.8 Å². The first-order chi connectivity index (χ1) is 10.3. The Morgan fingerprint density at radius 3 is 2.09 bits per heavy atom. The van der Waals surface area contributed by atoms with Crippen molar-refractivity contribution in [2.45, 2.75) is 12.8 Å². The van der Waals surface area contributed by atoms with Crippen LogP contribution in [0.5, 0.6) is 0 Å². The Kier molecular flexibility index (Phi) is 5.08. The highest BCUT2D eigenvalue weighted by molar-refractivity contribution is 7.92. The van der Waals surface area contributed by atoms with Crippen LogP contribution < -0.4 is 9.21 Å². The summed E-state index contributed by atoms with van der Waals surface area (Å²) in [6, 6.07) is 6.91. The summed E-state index contributed by atoms with van der Waals surface area (Å²) in [5.41, 5.74) is 1.32. The number of ether oxygens (including phenoxy) is 1. The minimum atomic E-state index is -3.28. The Morgan fingerprint density at radius 2 is 1.59 bits per heavy atom. The Morgan fingerprint density at radius 1 is 1.09 bits per heavy atom. The van der Waals surface area contributed by atoms with E-state index in [4.69, 9.17) is 4.74 Å². The van der Waals surface area contributed by atoms with Gasteiger partial charge in [-0.3, -0.25) is 9.10 Å². The lowest BCUT2D eigenvalue weighted by molar-refractivity contribution is -0.124. The predicted octanol–water partition coefficient (Wildman–Crippen LogP) is 1.47. The molecule has 1 saturated heterocycles. The molecular formula is C15H22N2O4S. The highest BCUT2D eigenvalue weighted by Gasteiger charge is 2.25. The number of rotatable bonds is 4. The van der Waals surface area contributed by atoms with E-state index in [-0.39, 0.29) is 11.8 Å². The van der Waals surface area contributed by atoms with Gasteiger partial charge in [-0.2, -0.15) is 0 Å². The third kappa shape index (κ3) is 3.78. The van der Waals surface area contributed by atoms with Gasteiger partial charge in [0.1, 0.15) is 0 Å². The van der Waals surface area contributed by atoms with Crippen LogP contribution in [-0.2, 0) is 19.6 Å². The van der Waals surface area contributed by atoms with Gasteiger partial charge >= 0.3 is 0 Å². The Bertz CT molecular complexity index is 621. The van der Waals surface area contributed by atoms with Gasteiger partial charge in [0.05, 0.1) is 11.9 Å². The average molecular weight is 326 g/mol. The standard InChI is InChI=1S/C15H22N2O4S/c1-16(15(18)12-8-10-21-11-9-12)13-4-6-14(7-5-13)17(2)22(3,19)20/h4-7,12H,8-11H2,1-3H3. The molecule has 6 nitrogen and oxygen atoms in total. The van der Waals surface area contributed by atoms with Gasteiger partial charge in [0, 0.05) is 38.9 Å². The SMILES string of the molecule is CN(C(=O)C1CCOCC1)c1ccc(N(C)S(C)(=O)=O)cc1. The van der Waals surface area contributed by atoms with Gasteiger partial charge in [-0.05, 0) is 37.1 Å². The molecule has 122 valence electrons. The molecule has 1 heterocycles. The quantitative estimate of drug-likeness (QED) is 0.840. The van der Waals surface area contributed by atoms with Crippen LogP contribution in [0.15, 0.2) is 24.3 Å². The Labute approximate surface area is 131 Å². The van der Waals surface area contributed by atoms with Gasteiger partial charge in [-0.1, -0.05) is 0 Å². The smallest absolute Gasteiger partial charge is 0.231 e. The summed E-state index contributed by atoms with van der Waals surface area (Å²) in [4.78, 5) is 14.1. The normalized spacial score (nSPS) is 16.3.